The van der Waals surface area contributed by atoms with E-state index in [9.17, 15) is 9.96 Å². The second kappa shape index (κ2) is 11.5. The van der Waals surface area contributed by atoms with E-state index in [0.717, 1.165) is 33.4 Å². The molecule has 4 aromatic carbocycles. The number of para-hydroxylation sites is 2. The number of carbonyl (C=O) groups excluding carboxylic acids is 1. The van der Waals surface area contributed by atoms with E-state index < -0.39 is 7.36 Å². The molecule has 0 unspecified atom stereocenters. The van der Waals surface area contributed by atoms with Gasteiger partial charge in [0.25, 0.3) is 0 Å². The van der Waals surface area contributed by atoms with Gasteiger partial charge in [-0.1, -0.05) is 97.1 Å². The summed E-state index contributed by atoms with van der Waals surface area (Å²) in [6, 6.07) is 40.5. The third-order valence-corrected chi connectivity index (χ3v) is 10.1. The van der Waals surface area contributed by atoms with Crippen molar-refractivity contribution < 1.29 is 9.53 Å². The zero-order chi connectivity index (χ0) is 26.4. The first kappa shape index (κ1) is 25.6. The molecule has 0 saturated carbocycles. The molecule has 38 heavy (non-hydrogen) atoms. The monoisotopic (exact) mass is 521 g/mol. The lowest BCUT2D eigenvalue weighted by atomic mass is 9.97. The Kier molecular flexibility index (Phi) is 7.76. The van der Waals surface area contributed by atoms with E-state index in [0.29, 0.717) is 19.7 Å². The second-order valence-electron chi connectivity index (χ2n) is 9.05. The van der Waals surface area contributed by atoms with E-state index in [4.69, 9.17) is 4.74 Å². The van der Waals surface area contributed by atoms with Gasteiger partial charge in [-0.25, -0.2) is 0 Å². The minimum absolute atomic E-state index is 0.0386. The van der Waals surface area contributed by atoms with Gasteiger partial charge in [-0.2, -0.15) is 0 Å². The van der Waals surface area contributed by atoms with Crippen LogP contribution < -0.4 is 9.34 Å². The number of carbonyl (C=O) groups is 1. The summed E-state index contributed by atoms with van der Waals surface area (Å²) in [5.41, 5.74) is 4.86. The van der Waals surface area contributed by atoms with Gasteiger partial charge < -0.3 is 14.1 Å². The number of hydrogen-bond acceptors (Lipinski definition) is 3. The molecule has 192 valence electrons. The highest BCUT2D eigenvalue weighted by atomic mass is 31.2. The Morgan fingerprint density at radius 1 is 0.711 bits per heavy atom. The number of rotatable bonds is 8. The number of anilines is 2. The molecule has 0 atom stereocenters. The van der Waals surface area contributed by atoms with Crippen LogP contribution >= 0.6 is 7.36 Å². The predicted octanol–water partition coefficient (Wildman–Crippen LogP) is 8.04. The largest absolute Gasteiger partial charge is 0.466 e. The minimum atomic E-state index is -3.06. The Morgan fingerprint density at radius 2 is 1.11 bits per heavy atom. The first-order valence-corrected chi connectivity index (χ1v) is 14.6. The summed E-state index contributed by atoms with van der Waals surface area (Å²) in [6.07, 6.45) is 0.0386. The van der Waals surface area contributed by atoms with Crippen LogP contribution in [-0.2, 0) is 9.53 Å². The summed E-state index contributed by atoms with van der Waals surface area (Å²) >= 11 is 0. The number of hydrogen-bond donors (Lipinski definition) is 1. The zero-order valence-electron chi connectivity index (χ0n) is 21.5. The first-order chi connectivity index (χ1) is 18.6. The zero-order valence-corrected chi connectivity index (χ0v) is 22.4. The number of benzene rings is 4. The van der Waals surface area contributed by atoms with Crippen molar-refractivity contribution in [3.05, 3.63) is 138 Å². The fraction of sp³-hybridized carbons (Fsp3) is 0.156. The molecule has 6 heteroatoms. The highest BCUT2D eigenvalue weighted by Gasteiger charge is 2.44. The number of nitrogens with one attached hydrogen (secondary N) is 1. The van der Waals surface area contributed by atoms with Crippen molar-refractivity contribution in [3.63, 3.8) is 0 Å². The quantitative estimate of drug-likeness (QED) is 0.188. The molecule has 1 aliphatic heterocycles. The maximum atomic E-state index is 13.2. The molecule has 0 radical (unpaired) electrons. The van der Waals surface area contributed by atoms with Gasteiger partial charge in [0.2, 0.25) is 0 Å². The third kappa shape index (κ3) is 5.03. The van der Waals surface area contributed by atoms with Gasteiger partial charge in [0, 0.05) is 29.8 Å². The number of esters is 1. The van der Waals surface area contributed by atoms with Crippen molar-refractivity contribution in [2.75, 3.05) is 29.0 Å². The Morgan fingerprint density at radius 3 is 1.50 bits per heavy atom. The summed E-state index contributed by atoms with van der Waals surface area (Å²) in [7, 11) is -3.06. The lowest BCUT2D eigenvalue weighted by Gasteiger charge is -2.39. The SMILES string of the molecule is CCOC(=O)CC(=C(c1ccccc1)c1ccccc1)P1(=N)N(c2ccccc2)CCN1c1ccccc1. The molecule has 1 saturated heterocycles. The van der Waals surface area contributed by atoms with E-state index in [2.05, 4.69) is 57.9 Å². The van der Waals surface area contributed by atoms with E-state index >= 15 is 0 Å². The standard InChI is InChI=1S/C32H32N3O2P/c1-2-37-31(36)25-30(32(26-15-7-3-8-16-26)27-17-9-4-10-18-27)38(33)34(28-19-11-5-12-20-28)23-24-35(38)29-21-13-6-14-22-29/h3-22,33H,2,23-25H2,1H3. The van der Waals surface area contributed by atoms with Gasteiger partial charge in [-0.05, 0) is 47.9 Å². The molecule has 1 N–H and O–H groups in total. The maximum absolute atomic E-state index is 13.2. The Balaban J connectivity index is 1.84. The Hall–Kier alpha value is -4.08. The van der Waals surface area contributed by atoms with E-state index in [-0.39, 0.29) is 12.4 Å². The molecule has 0 aliphatic carbocycles. The highest BCUT2D eigenvalue weighted by Crippen LogP contribution is 2.68. The van der Waals surface area contributed by atoms with Crippen LogP contribution in [0.3, 0.4) is 0 Å². The second-order valence-corrected chi connectivity index (χ2v) is 11.8. The van der Waals surface area contributed by atoms with Crippen molar-refractivity contribution in [2.45, 2.75) is 13.3 Å². The van der Waals surface area contributed by atoms with Crippen molar-refractivity contribution in [1.29, 1.82) is 5.16 Å². The van der Waals surface area contributed by atoms with E-state index in [1.807, 2.05) is 79.7 Å². The lowest BCUT2D eigenvalue weighted by molar-refractivity contribution is -0.142. The summed E-state index contributed by atoms with van der Waals surface area (Å²) in [5, 5.41) is 11.3. The van der Waals surface area contributed by atoms with Gasteiger partial charge in [0.05, 0.1) is 13.0 Å². The molecule has 0 aromatic heterocycles. The fourth-order valence-electron chi connectivity index (χ4n) is 5.11. The van der Waals surface area contributed by atoms with Gasteiger partial charge in [-0.3, -0.25) is 9.96 Å². The van der Waals surface area contributed by atoms with Crippen LogP contribution in [0.15, 0.2) is 127 Å². The molecule has 0 bridgehead atoms. The molecule has 1 aliphatic rings. The molecule has 1 fully saturated rings. The molecule has 5 rings (SSSR count). The summed E-state index contributed by atoms with van der Waals surface area (Å²) < 4.78 is 9.92. The van der Waals surface area contributed by atoms with Gasteiger partial charge >= 0.3 is 5.97 Å². The fourth-order valence-corrected chi connectivity index (χ4v) is 8.56. The van der Waals surface area contributed by atoms with Crippen molar-refractivity contribution in [2.24, 2.45) is 0 Å². The van der Waals surface area contributed by atoms with Crippen molar-refractivity contribution >= 4 is 30.3 Å². The smallest absolute Gasteiger partial charge is 0.310 e. The van der Waals surface area contributed by atoms with Crippen LogP contribution in [0.4, 0.5) is 11.4 Å². The van der Waals surface area contributed by atoms with Crippen LogP contribution in [0.2, 0.25) is 0 Å². The topological polar surface area (TPSA) is 56.6 Å². The van der Waals surface area contributed by atoms with Gasteiger partial charge in [-0.15, -0.1) is 0 Å². The van der Waals surface area contributed by atoms with Gasteiger partial charge in [0.1, 0.15) is 0 Å². The maximum Gasteiger partial charge on any atom is 0.310 e. The molecule has 0 spiro atoms. The molecule has 4 aromatic rings. The average molecular weight is 522 g/mol. The minimum Gasteiger partial charge on any atom is -0.466 e. The van der Waals surface area contributed by atoms with E-state index in [1.54, 1.807) is 0 Å². The normalized spacial score (nSPS) is 14.2. The molecular formula is C32H32N3O2P. The van der Waals surface area contributed by atoms with Crippen LogP contribution in [0.5, 0.6) is 0 Å². The lowest BCUT2D eigenvalue weighted by Crippen LogP contribution is -2.22. The summed E-state index contributed by atoms with van der Waals surface area (Å²) in [6.45, 7) is 3.48. The average Bonchev–Trinajstić information content (AvgIpc) is 3.33. The summed E-state index contributed by atoms with van der Waals surface area (Å²) in [4.78, 5) is 13.2. The number of nitrogens with zero attached hydrogens (tertiary/aromatic N) is 2. The van der Waals surface area contributed by atoms with Crippen LogP contribution in [0.25, 0.3) is 5.57 Å². The predicted molar refractivity (Wildman–Crippen MR) is 157 cm³/mol. The van der Waals surface area contributed by atoms with Crippen molar-refractivity contribution in [3.8, 4) is 0 Å². The van der Waals surface area contributed by atoms with Crippen LogP contribution in [-0.4, -0.2) is 25.7 Å². The Labute approximate surface area is 225 Å². The van der Waals surface area contributed by atoms with Gasteiger partial charge in [0.15, 0.2) is 7.36 Å². The highest BCUT2D eigenvalue weighted by molar-refractivity contribution is 7.73. The van der Waals surface area contributed by atoms with E-state index in [1.165, 1.54) is 0 Å². The van der Waals surface area contributed by atoms with Crippen LogP contribution in [0, 0.1) is 5.16 Å². The third-order valence-electron chi connectivity index (χ3n) is 6.74. The molecule has 0 amide bonds. The van der Waals surface area contributed by atoms with Crippen molar-refractivity contribution in [1.82, 2.24) is 0 Å². The number of ether oxygens (including phenoxy) is 1. The van der Waals surface area contributed by atoms with Crippen LogP contribution in [0.1, 0.15) is 24.5 Å². The summed E-state index contributed by atoms with van der Waals surface area (Å²) in [5.74, 6) is -0.314. The molecule has 5 nitrogen and oxygen atoms in total. The molecule has 1 heterocycles. The molecular weight excluding hydrogens is 489 g/mol. The first-order valence-electron chi connectivity index (χ1n) is 12.9. The Bertz CT molecular complexity index is 1350.